The summed E-state index contributed by atoms with van der Waals surface area (Å²) in [6.07, 6.45) is -1.66. The summed E-state index contributed by atoms with van der Waals surface area (Å²) < 4.78 is 22.1. The first-order chi connectivity index (χ1) is 17.7. The molecule has 6 heteroatoms. The summed E-state index contributed by atoms with van der Waals surface area (Å²) in [5.41, 5.74) is 1.70. The lowest BCUT2D eigenvalue weighted by Crippen LogP contribution is -2.13. The molecule has 0 unspecified atom stereocenters. The molecular formula is C30H22O6. The van der Waals surface area contributed by atoms with Gasteiger partial charge >= 0.3 is 12.3 Å². The Kier molecular flexibility index (Phi) is 6.76. The Morgan fingerprint density at radius 2 is 0.750 bits per heavy atom. The molecule has 0 heterocycles. The van der Waals surface area contributed by atoms with Crippen molar-refractivity contribution in [1.82, 2.24) is 0 Å². The van der Waals surface area contributed by atoms with Crippen molar-refractivity contribution >= 4 is 33.9 Å². The lowest BCUT2D eigenvalue weighted by atomic mass is 10.0. The smallest absolute Gasteiger partial charge is 0.429 e. The van der Waals surface area contributed by atoms with Gasteiger partial charge in [-0.2, -0.15) is 0 Å². The van der Waals surface area contributed by atoms with E-state index in [1.807, 2.05) is 84.9 Å². The molecule has 5 aromatic carbocycles. The summed E-state index contributed by atoms with van der Waals surface area (Å²) in [4.78, 5) is 25.2. The van der Waals surface area contributed by atoms with Gasteiger partial charge in [-0.25, -0.2) is 9.59 Å². The predicted octanol–water partition coefficient (Wildman–Crippen LogP) is 7.42. The maximum absolute atomic E-state index is 12.6. The number of carbonyl (C=O) groups is 2. The van der Waals surface area contributed by atoms with Crippen molar-refractivity contribution in [1.29, 1.82) is 0 Å². The highest BCUT2D eigenvalue weighted by Crippen LogP contribution is 2.43. The van der Waals surface area contributed by atoms with Crippen LogP contribution in [0.25, 0.3) is 21.5 Å². The largest absolute Gasteiger partial charge is 0.514 e. The zero-order valence-electron chi connectivity index (χ0n) is 19.3. The minimum Gasteiger partial charge on any atom is -0.429 e. The fraction of sp³-hybridized carbons (Fsp3) is 0.0667. The van der Waals surface area contributed by atoms with Crippen LogP contribution in [0.5, 0.6) is 11.5 Å². The minimum atomic E-state index is -0.829. The van der Waals surface area contributed by atoms with Crippen LogP contribution < -0.4 is 9.47 Å². The first-order valence-corrected chi connectivity index (χ1v) is 11.4. The summed E-state index contributed by atoms with van der Waals surface area (Å²) in [5, 5.41) is 2.38. The van der Waals surface area contributed by atoms with Crippen LogP contribution in [0.2, 0.25) is 0 Å². The molecule has 5 rings (SSSR count). The molecule has 0 radical (unpaired) electrons. The third-order valence-corrected chi connectivity index (χ3v) is 5.60. The van der Waals surface area contributed by atoms with Gasteiger partial charge in [-0.3, -0.25) is 0 Å². The van der Waals surface area contributed by atoms with E-state index >= 15 is 0 Å². The van der Waals surface area contributed by atoms with Gasteiger partial charge in [0.05, 0.1) is 0 Å². The lowest BCUT2D eigenvalue weighted by Gasteiger charge is -2.16. The number of rotatable bonds is 6. The molecule has 0 spiro atoms. The van der Waals surface area contributed by atoms with Gasteiger partial charge in [-0.1, -0.05) is 109 Å². The molecule has 0 aromatic heterocycles. The van der Waals surface area contributed by atoms with Gasteiger partial charge in [0.1, 0.15) is 24.7 Å². The number of hydrogen-bond donors (Lipinski definition) is 0. The number of ether oxygens (including phenoxy) is 4. The third-order valence-electron chi connectivity index (χ3n) is 5.60. The van der Waals surface area contributed by atoms with E-state index in [-0.39, 0.29) is 13.2 Å². The Labute approximate surface area is 207 Å². The second-order valence-electron chi connectivity index (χ2n) is 8.00. The Balaban J connectivity index is 1.44. The molecule has 0 saturated heterocycles. The average molecular weight is 479 g/mol. The normalized spacial score (nSPS) is 10.7. The van der Waals surface area contributed by atoms with Crippen molar-refractivity contribution in [2.75, 3.05) is 0 Å². The second-order valence-corrected chi connectivity index (χ2v) is 8.00. The third kappa shape index (κ3) is 5.13. The lowest BCUT2D eigenvalue weighted by molar-refractivity contribution is 0.0921. The molecule has 178 valence electrons. The zero-order valence-corrected chi connectivity index (χ0v) is 19.3. The summed E-state index contributed by atoms with van der Waals surface area (Å²) >= 11 is 0. The molecule has 0 saturated carbocycles. The van der Waals surface area contributed by atoms with Crippen LogP contribution >= 0.6 is 0 Å². The van der Waals surface area contributed by atoms with Crippen molar-refractivity contribution in [3.05, 3.63) is 120 Å². The number of fused-ring (bicyclic) bond motifs is 2. The number of hydrogen-bond acceptors (Lipinski definition) is 6. The minimum absolute atomic E-state index is 0.0873. The van der Waals surface area contributed by atoms with Crippen LogP contribution in [0, 0.1) is 0 Å². The van der Waals surface area contributed by atoms with Crippen molar-refractivity contribution in [3.63, 3.8) is 0 Å². The van der Waals surface area contributed by atoms with Crippen LogP contribution in [0.1, 0.15) is 11.1 Å². The molecule has 0 N–H and O–H groups in total. The van der Waals surface area contributed by atoms with Gasteiger partial charge in [0.15, 0.2) is 0 Å². The van der Waals surface area contributed by atoms with Crippen LogP contribution in [0.4, 0.5) is 9.59 Å². The van der Waals surface area contributed by atoms with Crippen LogP contribution in [-0.2, 0) is 22.7 Å². The van der Waals surface area contributed by atoms with Crippen molar-refractivity contribution in [3.8, 4) is 11.5 Å². The molecule has 0 aliphatic heterocycles. The Morgan fingerprint density at radius 3 is 1.08 bits per heavy atom. The van der Waals surface area contributed by atoms with Crippen LogP contribution in [-0.4, -0.2) is 12.3 Å². The van der Waals surface area contributed by atoms with Gasteiger partial charge in [0, 0.05) is 21.5 Å². The molecule has 0 aliphatic carbocycles. The Bertz CT molecular complexity index is 1340. The van der Waals surface area contributed by atoms with E-state index in [2.05, 4.69) is 0 Å². The van der Waals surface area contributed by atoms with E-state index in [4.69, 9.17) is 18.9 Å². The van der Waals surface area contributed by atoms with E-state index < -0.39 is 12.3 Å². The van der Waals surface area contributed by atoms with Crippen molar-refractivity contribution < 1.29 is 28.5 Å². The van der Waals surface area contributed by atoms with E-state index in [1.165, 1.54) is 0 Å². The van der Waals surface area contributed by atoms with Crippen molar-refractivity contribution in [2.24, 2.45) is 0 Å². The van der Waals surface area contributed by atoms with Gasteiger partial charge in [0.25, 0.3) is 0 Å². The molecule has 0 amide bonds. The maximum atomic E-state index is 12.6. The number of carbonyl (C=O) groups excluding carboxylic acids is 2. The Morgan fingerprint density at radius 1 is 0.444 bits per heavy atom. The highest BCUT2D eigenvalue weighted by atomic mass is 16.7. The highest BCUT2D eigenvalue weighted by molar-refractivity contribution is 6.12. The second kappa shape index (κ2) is 10.6. The van der Waals surface area contributed by atoms with Crippen molar-refractivity contribution in [2.45, 2.75) is 13.2 Å². The number of benzene rings is 5. The zero-order chi connectivity index (χ0) is 24.7. The SMILES string of the molecule is O=C(OCc1ccccc1)Oc1c2ccccc2c(OC(=O)OCc2ccccc2)c2ccccc12. The first kappa shape index (κ1) is 22.9. The van der Waals surface area contributed by atoms with E-state index in [0.717, 1.165) is 11.1 Å². The average Bonchev–Trinajstić information content (AvgIpc) is 2.93. The standard InChI is InChI=1S/C30H22O6/c31-29(33-19-21-11-3-1-4-12-21)35-27-23-15-7-9-17-25(23)28(26-18-10-8-16-24(26)27)36-30(32)34-20-22-13-5-2-6-14-22/h1-18H,19-20H2. The first-order valence-electron chi connectivity index (χ1n) is 11.4. The summed E-state index contributed by atoms with van der Waals surface area (Å²) in [6, 6.07) is 33.2. The maximum Gasteiger partial charge on any atom is 0.514 e. The highest BCUT2D eigenvalue weighted by Gasteiger charge is 2.21. The van der Waals surface area contributed by atoms with Gasteiger partial charge in [-0.05, 0) is 11.1 Å². The molecule has 0 bridgehead atoms. The predicted molar refractivity (Wildman–Crippen MR) is 136 cm³/mol. The summed E-state index contributed by atoms with van der Waals surface area (Å²) in [5.74, 6) is 0.647. The van der Waals surface area contributed by atoms with Crippen LogP contribution in [0.15, 0.2) is 109 Å². The fourth-order valence-corrected chi connectivity index (χ4v) is 3.93. The van der Waals surface area contributed by atoms with E-state index in [9.17, 15) is 9.59 Å². The quantitative estimate of drug-likeness (QED) is 0.144. The molecule has 0 atom stereocenters. The van der Waals surface area contributed by atoms with E-state index in [0.29, 0.717) is 33.0 Å². The van der Waals surface area contributed by atoms with Crippen LogP contribution in [0.3, 0.4) is 0 Å². The fourth-order valence-electron chi connectivity index (χ4n) is 3.93. The molecule has 0 aliphatic rings. The van der Waals surface area contributed by atoms with E-state index in [1.54, 1.807) is 24.3 Å². The molecule has 6 nitrogen and oxygen atoms in total. The summed E-state index contributed by atoms with van der Waals surface area (Å²) in [7, 11) is 0. The van der Waals surface area contributed by atoms with Gasteiger partial charge in [-0.15, -0.1) is 0 Å². The molecule has 5 aromatic rings. The molecule has 36 heavy (non-hydrogen) atoms. The molecule has 0 fully saturated rings. The van der Waals surface area contributed by atoms with Gasteiger partial charge < -0.3 is 18.9 Å². The Hall–Kier alpha value is -4.84. The topological polar surface area (TPSA) is 71.1 Å². The molecular weight excluding hydrogens is 456 g/mol. The van der Waals surface area contributed by atoms with Gasteiger partial charge in [0.2, 0.25) is 0 Å². The summed E-state index contributed by atoms with van der Waals surface area (Å²) in [6.45, 7) is 0.175. The monoisotopic (exact) mass is 478 g/mol.